The third kappa shape index (κ3) is 7.35. The summed E-state index contributed by atoms with van der Waals surface area (Å²) in [5.41, 5.74) is 1.62. The van der Waals surface area contributed by atoms with Crippen molar-refractivity contribution >= 4 is 51.7 Å². The van der Waals surface area contributed by atoms with E-state index >= 15 is 0 Å². The average Bonchev–Trinajstić information content (AvgIpc) is 3.82. The van der Waals surface area contributed by atoms with E-state index in [4.69, 9.17) is 9.47 Å². The lowest BCUT2D eigenvalue weighted by atomic mass is 10.0. The van der Waals surface area contributed by atoms with Gasteiger partial charge in [0, 0.05) is 49.2 Å². The van der Waals surface area contributed by atoms with Crippen molar-refractivity contribution in [2.75, 3.05) is 43.0 Å². The summed E-state index contributed by atoms with van der Waals surface area (Å²) in [5.74, 6) is -5.31. The fraction of sp³-hybridized carbons (Fsp3) is 0.444. The van der Waals surface area contributed by atoms with Crippen LogP contribution in [-0.2, 0) is 19.1 Å². The van der Waals surface area contributed by atoms with Crippen molar-refractivity contribution in [3.05, 3.63) is 58.5 Å². The van der Waals surface area contributed by atoms with Gasteiger partial charge in [-0.15, -0.1) is 11.3 Å². The normalized spacial score (nSPS) is 21.0. The zero-order valence-electron chi connectivity index (χ0n) is 28.3. The summed E-state index contributed by atoms with van der Waals surface area (Å²) in [5, 5.41) is 10.7. The molecule has 0 spiro atoms. The predicted molar refractivity (Wildman–Crippen MR) is 186 cm³/mol. The number of amides is 5. The van der Waals surface area contributed by atoms with Crippen molar-refractivity contribution in [2.24, 2.45) is 0 Å². The number of morpholine rings is 1. The van der Waals surface area contributed by atoms with Crippen molar-refractivity contribution in [3.8, 4) is 17.0 Å². The van der Waals surface area contributed by atoms with E-state index in [1.165, 1.54) is 17.4 Å². The molecule has 3 N–H and O–H groups in total. The van der Waals surface area contributed by atoms with E-state index in [-0.39, 0.29) is 47.5 Å². The predicted octanol–water partition coefficient (Wildman–Crippen LogP) is 4.02. The number of benzene rings is 2. The lowest BCUT2D eigenvalue weighted by molar-refractivity contribution is -0.136. The summed E-state index contributed by atoms with van der Waals surface area (Å²) >= 11 is 1.41. The topological polar surface area (TPSA) is 159 Å². The van der Waals surface area contributed by atoms with Crippen LogP contribution < -0.4 is 25.6 Å². The number of aromatic nitrogens is 1. The van der Waals surface area contributed by atoms with Gasteiger partial charge in [0.15, 0.2) is 23.3 Å². The first kappa shape index (κ1) is 35.4. The van der Waals surface area contributed by atoms with Gasteiger partial charge < -0.3 is 25.0 Å². The van der Waals surface area contributed by atoms with Crippen LogP contribution in [0.15, 0.2) is 35.7 Å². The number of unbranched alkanes of at least 4 members (excludes halogenated alkanes) is 3. The van der Waals surface area contributed by atoms with E-state index < -0.39 is 53.8 Å². The van der Waals surface area contributed by atoms with Gasteiger partial charge in [0.1, 0.15) is 6.04 Å². The summed E-state index contributed by atoms with van der Waals surface area (Å²) in [4.78, 5) is 70.5. The number of thiazole rings is 1. The van der Waals surface area contributed by atoms with Crippen LogP contribution >= 0.6 is 11.3 Å². The maximum Gasteiger partial charge on any atom is 0.264 e. The first-order valence-electron chi connectivity index (χ1n) is 17.5. The van der Waals surface area contributed by atoms with Crippen LogP contribution in [0, 0.1) is 11.6 Å². The number of carbonyl (C=O) groups is 5. The standard InChI is InChI=1S/C36H38F2N6O7S/c37-24-11-10-22(26-19-52-36(41-26)43-16-20-8-9-21(17-43)51-20)32(31(24)38)50-18-29(46)40-15-4-2-1-3-14-39-25-7-5-6-23-30(25)35(49)44(34(23)48)27-12-13-28(45)42-33(27)47/h5-7,10-11,19-21,27,39H,1-4,8-9,12-18H2,(H,40,46)(H,42,45,47). The minimum Gasteiger partial charge on any atom is -0.480 e. The SMILES string of the molecule is O=C(COc1c(-c2csc(N3CC4CCC(C3)O4)n2)ccc(F)c1F)NCCCCCCNc1cccc2c1C(=O)N(C1CCC(=O)NC1=O)C2=O. The Labute approximate surface area is 302 Å². The maximum absolute atomic E-state index is 14.9. The van der Waals surface area contributed by atoms with Crippen LogP contribution in [0.2, 0.25) is 0 Å². The molecule has 13 nitrogen and oxygen atoms in total. The highest BCUT2D eigenvalue weighted by Gasteiger charge is 2.45. The number of nitrogens with zero attached hydrogens (tertiary/aromatic N) is 3. The zero-order chi connectivity index (χ0) is 36.4. The van der Waals surface area contributed by atoms with Gasteiger partial charge >= 0.3 is 0 Å². The van der Waals surface area contributed by atoms with Gasteiger partial charge in [0.25, 0.3) is 17.7 Å². The van der Waals surface area contributed by atoms with Crippen molar-refractivity contribution in [1.82, 2.24) is 20.5 Å². The number of rotatable bonds is 14. The summed E-state index contributed by atoms with van der Waals surface area (Å²) in [7, 11) is 0. The number of piperidine rings is 1. The minimum atomic E-state index is -1.18. The van der Waals surface area contributed by atoms with Crippen LogP contribution in [-0.4, -0.2) is 90.5 Å². The highest BCUT2D eigenvalue weighted by atomic mass is 32.1. The molecule has 3 unspecified atom stereocenters. The van der Waals surface area contributed by atoms with Crippen LogP contribution in [0.4, 0.5) is 19.6 Å². The van der Waals surface area contributed by atoms with Crippen molar-refractivity contribution in [3.63, 3.8) is 0 Å². The molecule has 52 heavy (non-hydrogen) atoms. The molecule has 274 valence electrons. The molecular weight excluding hydrogens is 698 g/mol. The summed E-state index contributed by atoms with van der Waals surface area (Å²) in [6, 6.07) is 6.31. The van der Waals surface area contributed by atoms with E-state index in [0.717, 1.165) is 61.3 Å². The van der Waals surface area contributed by atoms with E-state index in [1.54, 1.807) is 23.6 Å². The van der Waals surface area contributed by atoms with Crippen LogP contribution in [0.25, 0.3) is 11.3 Å². The third-order valence-corrected chi connectivity index (χ3v) is 10.6. The van der Waals surface area contributed by atoms with E-state index in [1.807, 2.05) is 0 Å². The molecule has 7 rings (SSSR count). The number of carbonyl (C=O) groups excluding carboxylic acids is 5. The van der Waals surface area contributed by atoms with Gasteiger partial charge in [-0.3, -0.25) is 34.2 Å². The Balaban J connectivity index is 0.836. The fourth-order valence-electron chi connectivity index (χ4n) is 7.08. The van der Waals surface area contributed by atoms with E-state index in [9.17, 15) is 32.8 Å². The smallest absolute Gasteiger partial charge is 0.264 e. The highest BCUT2D eigenvalue weighted by molar-refractivity contribution is 7.14. The molecule has 2 aromatic carbocycles. The van der Waals surface area contributed by atoms with Gasteiger partial charge in [0.2, 0.25) is 17.6 Å². The molecule has 5 heterocycles. The van der Waals surface area contributed by atoms with Gasteiger partial charge in [-0.2, -0.15) is 4.39 Å². The van der Waals surface area contributed by atoms with Crippen LogP contribution in [0.3, 0.4) is 0 Å². The van der Waals surface area contributed by atoms with Gasteiger partial charge in [-0.05, 0) is 56.4 Å². The lowest BCUT2D eigenvalue weighted by Gasteiger charge is -2.31. The Kier molecular flexibility index (Phi) is 10.5. The van der Waals surface area contributed by atoms with E-state index in [0.29, 0.717) is 30.9 Å². The number of halogens is 2. The van der Waals surface area contributed by atoms with Crippen molar-refractivity contribution < 1.29 is 42.2 Å². The second kappa shape index (κ2) is 15.3. The monoisotopic (exact) mass is 736 g/mol. The summed E-state index contributed by atoms with van der Waals surface area (Å²) in [6.07, 6.45) is 5.53. The first-order valence-corrected chi connectivity index (χ1v) is 18.4. The van der Waals surface area contributed by atoms with Gasteiger partial charge in [-0.1, -0.05) is 18.9 Å². The van der Waals surface area contributed by atoms with Crippen molar-refractivity contribution in [2.45, 2.75) is 69.6 Å². The number of ether oxygens (including phenoxy) is 2. The van der Waals surface area contributed by atoms with Crippen LogP contribution in [0.1, 0.15) is 72.1 Å². The molecule has 3 aromatic rings. The quantitative estimate of drug-likeness (QED) is 0.163. The summed E-state index contributed by atoms with van der Waals surface area (Å²) in [6.45, 7) is 1.86. The van der Waals surface area contributed by atoms with Crippen LogP contribution in [0.5, 0.6) is 5.75 Å². The molecule has 0 radical (unpaired) electrons. The molecule has 4 aliphatic rings. The average molecular weight is 737 g/mol. The molecule has 0 saturated carbocycles. The Morgan fingerprint density at radius 3 is 2.50 bits per heavy atom. The Hall–Kier alpha value is -4.96. The Bertz CT molecular complexity index is 1890. The van der Waals surface area contributed by atoms with Gasteiger partial charge in [0.05, 0.1) is 29.0 Å². The number of fused-ring (bicyclic) bond motifs is 3. The molecule has 5 amide bonds. The molecule has 3 fully saturated rings. The Morgan fingerprint density at radius 2 is 1.73 bits per heavy atom. The molecule has 16 heteroatoms. The molecule has 1 aromatic heterocycles. The van der Waals surface area contributed by atoms with E-state index in [2.05, 4.69) is 25.8 Å². The van der Waals surface area contributed by atoms with Gasteiger partial charge in [-0.25, -0.2) is 9.37 Å². The first-order chi connectivity index (χ1) is 25.2. The number of nitrogens with one attached hydrogen (secondary N) is 3. The zero-order valence-corrected chi connectivity index (χ0v) is 29.1. The molecule has 2 bridgehead atoms. The number of hydrogen-bond acceptors (Lipinski definition) is 11. The second-order valence-corrected chi connectivity index (χ2v) is 14.1. The number of anilines is 2. The fourth-order valence-corrected chi connectivity index (χ4v) is 7.93. The lowest BCUT2D eigenvalue weighted by Crippen LogP contribution is -2.54. The highest BCUT2D eigenvalue weighted by Crippen LogP contribution is 2.38. The largest absolute Gasteiger partial charge is 0.480 e. The number of imide groups is 2. The molecule has 3 atom stereocenters. The minimum absolute atomic E-state index is 0.0491. The molecule has 3 saturated heterocycles. The number of hydrogen-bond donors (Lipinski definition) is 3. The second-order valence-electron chi connectivity index (χ2n) is 13.3. The van der Waals surface area contributed by atoms with Crippen molar-refractivity contribution in [1.29, 1.82) is 0 Å². The Morgan fingerprint density at radius 1 is 0.962 bits per heavy atom. The molecule has 4 aliphatic heterocycles. The maximum atomic E-state index is 14.9. The molecule has 0 aliphatic carbocycles. The molecular formula is C36H38F2N6O7S. The summed E-state index contributed by atoms with van der Waals surface area (Å²) < 4.78 is 40.5. The third-order valence-electron chi connectivity index (χ3n) is 9.69.